The maximum Gasteiger partial charge on any atom is 0.320 e. The number of rotatable bonds is 10. The number of nitrogens with zero attached hydrogens (tertiary/aromatic N) is 1. The predicted octanol–water partition coefficient (Wildman–Crippen LogP) is 5.84. The Labute approximate surface area is 243 Å². The predicted molar refractivity (Wildman–Crippen MR) is 165 cm³/mol. The van der Waals surface area contributed by atoms with Crippen molar-refractivity contribution in [2.45, 2.75) is 130 Å². The number of aliphatic hydroxyl groups excluding tert-OH is 1. The fraction of sp³-hybridized carbons (Fsp3) is 0.879. The zero-order valence-electron chi connectivity index (χ0n) is 26.1. The third-order valence-corrected chi connectivity index (χ3v) is 11.6. The summed E-state index contributed by atoms with van der Waals surface area (Å²) in [4.78, 5) is 13.9. The molecule has 7 nitrogen and oxygen atoms in total. The number of nitrogens with two attached hydrogens (primary N) is 3. The monoisotopic (exact) mass is 560 g/mol. The van der Waals surface area contributed by atoms with Crippen molar-refractivity contribution in [3.8, 4) is 0 Å². The van der Waals surface area contributed by atoms with E-state index in [0.29, 0.717) is 30.2 Å². The molecule has 40 heavy (non-hydrogen) atoms. The zero-order chi connectivity index (χ0) is 29.7. The quantitative estimate of drug-likeness (QED) is 0.0981. The molecule has 0 saturated heterocycles. The number of aliphatic hydroxyl groups is 1. The molecule has 9 atom stereocenters. The number of carbonyl (C=O) groups is 1. The first-order valence-electron chi connectivity index (χ1n) is 16.2. The van der Waals surface area contributed by atoms with Gasteiger partial charge in [-0.15, -0.1) is 0 Å². The fourth-order valence-electron chi connectivity index (χ4n) is 9.31. The highest BCUT2D eigenvalue weighted by molar-refractivity contribution is 5.75. The molecule has 3 saturated carbocycles. The van der Waals surface area contributed by atoms with E-state index in [0.717, 1.165) is 48.3 Å². The van der Waals surface area contributed by atoms with Crippen LogP contribution in [-0.2, 0) is 4.79 Å². The first kappa shape index (κ1) is 32.9. The van der Waals surface area contributed by atoms with E-state index in [1.54, 1.807) is 5.57 Å². The summed E-state index contributed by atoms with van der Waals surface area (Å²) in [6.07, 6.45) is 18.1. The van der Waals surface area contributed by atoms with Crippen molar-refractivity contribution in [1.29, 1.82) is 0 Å². The second-order valence-electron chi connectivity index (χ2n) is 14.6. The van der Waals surface area contributed by atoms with Crippen LogP contribution >= 0.6 is 0 Å². The van der Waals surface area contributed by atoms with E-state index in [9.17, 15) is 9.90 Å². The Morgan fingerprint density at radius 2 is 1.75 bits per heavy atom. The summed E-state index contributed by atoms with van der Waals surface area (Å²) in [5, 5.41) is 18.6. The van der Waals surface area contributed by atoms with Gasteiger partial charge in [-0.05, 0) is 111 Å². The standard InChI is InChI=1S/C27H46O.C6H14N4O2/c1-18(2)7-6-8-19(3)23-11-12-24-22-10-9-20-17-21(28)13-15-26(20,4)25(22)14-16-27(23,24)5;7-4(5(11)12)2-1-3-10-6(8)9/h9,18-19,21-25,28H,6-8,10-17H2,1-5H3;4H,1-3,7H2,(H,11,12)(H4,8,9,10)/t19-,21+,22+,23-,24+,25+,26+,27-;/m1./s1. The largest absolute Gasteiger partial charge is 0.480 e. The van der Waals surface area contributed by atoms with Crippen LogP contribution in [0.3, 0.4) is 0 Å². The van der Waals surface area contributed by atoms with Gasteiger partial charge in [-0.1, -0.05) is 65.5 Å². The molecule has 230 valence electrons. The summed E-state index contributed by atoms with van der Waals surface area (Å²) in [5.74, 6) is 4.47. The third kappa shape index (κ3) is 7.61. The van der Waals surface area contributed by atoms with Crippen LogP contribution < -0.4 is 17.2 Å². The van der Waals surface area contributed by atoms with Gasteiger partial charge in [0, 0.05) is 6.54 Å². The molecule has 0 heterocycles. The van der Waals surface area contributed by atoms with Crippen LogP contribution in [0.4, 0.5) is 0 Å². The van der Waals surface area contributed by atoms with E-state index in [4.69, 9.17) is 22.3 Å². The number of guanidine groups is 1. The van der Waals surface area contributed by atoms with E-state index in [1.165, 1.54) is 57.8 Å². The number of aliphatic imine (C=N–C) groups is 1. The minimum Gasteiger partial charge on any atom is -0.480 e. The number of carboxylic acid groups (broad SMARTS) is 1. The highest BCUT2D eigenvalue weighted by atomic mass is 16.4. The SMILES string of the molecule is CC(C)CCC[C@@H](C)[C@H]1CC[C@H]2[C@@H]3CC=C4C[C@@H](O)CC[C@]4(C)[C@H]3CC[C@]12C.NC(N)=NCCCC(N)C(=O)O. The molecule has 0 bridgehead atoms. The van der Waals surface area contributed by atoms with Crippen LogP contribution in [-0.4, -0.2) is 40.8 Å². The maximum atomic E-state index is 10.2. The summed E-state index contributed by atoms with van der Waals surface area (Å²) in [5.41, 5.74) is 17.9. The van der Waals surface area contributed by atoms with E-state index < -0.39 is 12.0 Å². The van der Waals surface area contributed by atoms with Crippen molar-refractivity contribution >= 4 is 11.9 Å². The highest BCUT2D eigenvalue weighted by Gasteiger charge is 2.59. The summed E-state index contributed by atoms with van der Waals surface area (Å²) < 4.78 is 0. The summed E-state index contributed by atoms with van der Waals surface area (Å²) in [6, 6.07) is -0.820. The molecular formula is C33H60N4O3. The normalized spacial score (nSPS) is 36.2. The molecule has 4 aliphatic rings. The molecule has 0 aromatic carbocycles. The average Bonchev–Trinajstić information content (AvgIpc) is 3.24. The first-order chi connectivity index (χ1) is 18.8. The Morgan fingerprint density at radius 1 is 1.02 bits per heavy atom. The number of fused-ring (bicyclic) bond motifs is 5. The summed E-state index contributed by atoms with van der Waals surface area (Å²) in [6.45, 7) is 13.0. The molecule has 3 fully saturated rings. The minimum atomic E-state index is -1.00. The van der Waals surface area contributed by atoms with Crippen molar-refractivity contribution in [3.05, 3.63) is 11.6 Å². The fourth-order valence-corrected chi connectivity index (χ4v) is 9.31. The Hall–Kier alpha value is -1.60. The van der Waals surface area contributed by atoms with Gasteiger partial charge in [0.1, 0.15) is 6.04 Å². The van der Waals surface area contributed by atoms with Crippen molar-refractivity contribution in [1.82, 2.24) is 0 Å². The van der Waals surface area contributed by atoms with E-state index in [-0.39, 0.29) is 12.1 Å². The number of carboxylic acids is 1. The molecule has 0 radical (unpaired) electrons. The van der Waals surface area contributed by atoms with Crippen molar-refractivity contribution in [3.63, 3.8) is 0 Å². The maximum absolute atomic E-state index is 10.2. The van der Waals surface area contributed by atoms with E-state index in [1.807, 2.05) is 0 Å². The van der Waals surface area contributed by atoms with Crippen LogP contribution in [0.1, 0.15) is 118 Å². The van der Waals surface area contributed by atoms with Gasteiger partial charge < -0.3 is 27.4 Å². The topological polar surface area (TPSA) is 148 Å². The van der Waals surface area contributed by atoms with E-state index in [2.05, 4.69) is 45.7 Å². The van der Waals surface area contributed by atoms with Gasteiger partial charge in [0.2, 0.25) is 0 Å². The lowest BCUT2D eigenvalue weighted by Crippen LogP contribution is -2.50. The lowest BCUT2D eigenvalue weighted by molar-refractivity contribution is -0.138. The summed E-state index contributed by atoms with van der Waals surface area (Å²) in [7, 11) is 0. The highest BCUT2D eigenvalue weighted by Crippen LogP contribution is 2.67. The van der Waals surface area contributed by atoms with Crippen LogP contribution in [0.2, 0.25) is 0 Å². The number of aliphatic carboxylic acids is 1. The molecule has 0 aromatic heterocycles. The molecule has 0 spiro atoms. The average molecular weight is 561 g/mol. The third-order valence-electron chi connectivity index (χ3n) is 11.6. The van der Waals surface area contributed by atoms with Gasteiger partial charge in [0.25, 0.3) is 0 Å². The smallest absolute Gasteiger partial charge is 0.320 e. The van der Waals surface area contributed by atoms with E-state index >= 15 is 0 Å². The molecule has 0 amide bonds. The second kappa shape index (κ2) is 14.0. The number of hydrogen-bond donors (Lipinski definition) is 5. The van der Waals surface area contributed by atoms with Gasteiger partial charge >= 0.3 is 5.97 Å². The molecular weight excluding hydrogens is 500 g/mol. The molecule has 0 aliphatic heterocycles. The molecule has 4 aliphatic carbocycles. The number of hydrogen-bond acceptors (Lipinski definition) is 4. The van der Waals surface area contributed by atoms with Crippen LogP contribution in [0, 0.1) is 46.3 Å². The molecule has 7 heteroatoms. The number of allylic oxidation sites excluding steroid dienone is 1. The van der Waals surface area contributed by atoms with Gasteiger partial charge in [-0.2, -0.15) is 0 Å². The van der Waals surface area contributed by atoms with Gasteiger partial charge in [-0.25, -0.2) is 0 Å². The van der Waals surface area contributed by atoms with Crippen molar-refractivity contribution < 1.29 is 15.0 Å². The second-order valence-corrected chi connectivity index (χ2v) is 14.6. The van der Waals surface area contributed by atoms with Crippen LogP contribution in [0.5, 0.6) is 0 Å². The Kier molecular flexibility index (Phi) is 11.6. The van der Waals surface area contributed by atoms with Crippen molar-refractivity contribution in [2.75, 3.05) is 6.54 Å². The Balaban J connectivity index is 0.000000312. The van der Waals surface area contributed by atoms with Gasteiger partial charge in [0.15, 0.2) is 5.96 Å². The van der Waals surface area contributed by atoms with Gasteiger partial charge in [0.05, 0.1) is 6.10 Å². The minimum absolute atomic E-state index is 0.0129. The molecule has 8 N–H and O–H groups in total. The van der Waals surface area contributed by atoms with Crippen LogP contribution in [0.15, 0.2) is 16.6 Å². The molecule has 1 unspecified atom stereocenters. The Morgan fingerprint density at radius 3 is 2.40 bits per heavy atom. The first-order valence-corrected chi connectivity index (χ1v) is 16.2. The Bertz CT molecular complexity index is 900. The summed E-state index contributed by atoms with van der Waals surface area (Å²) >= 11 is 0. The van der Waals surface area contributed by atoms with Gasteiger partial charge in [-0.3, -0.25) is 9.79 Å². The molecule has 4 rings (SSSR count). The van der Waals surface area contributed by atoms with Crippen LogP contribution in [0.25, 0.3) is 0 Å². The zero-order valence-corrected chi connectivity index (χ0v) is 26.1. The lowest BCUT2D eigenvalue weighted by atomic mass is 9.47. The molecule has 0 aromatic rings. The lowest BCUT2D eigenvalue weighted by Gasteiger charge is -2.58. The van der Waals surface area contributed by atoms with Crippen molar-refractivity contribution in [2.24, 2.45) is 68.5 Å².